The van der Waals surface area contributed by atoms with Crippen molar-refractivity contribution in [3.8, 4) is 0 Å². The second-order valence-corrected chi connectivity index (χ2v) is 3.22. The van der Waals surface area contributed by atoms with Gasteiger partial charge in [0.05, 0.1) is 19.8 Å². The number of carbonyl (C=O) groups excluding carboxylic acids is 2. The largest absolute Gasteiger partial charge is 0.550 e. The lowest BCUT2D eigenvalue weighted by Crippen LogP contribution is -2.91. The Morgan fingerprint density at radius 2 is 2.38 bits per heavy atom. The Bertz CT molecular complexity index is 346. The highest BCUT2D eigenvalue weighted by Crippen LogP contribution is 1.97. The molecule has 1 aromatic heterocycles. The maximum absolute atomic E-state index is 11.2. The van der Waals surface area contributed by atoms with Crippen LogP contribution in [0.5, 0.6) is 0 Å². The third-order valence-corrected chi connectivity index (χ3v) is 2.07. The van der Waals surface area contributed by atoms with Crippen molar-refractivity contribution in [2.24, 2.45) is 0 Å². The Balaban J connectivity index is 2.50. The molecule has 1 heterocycles. The Labute approximate surface area is 92.2 Å². The van der Waals surface area contributed by atoms with Crippen molar-refractivity contribution in [1.29, 1.82) is 0 Å². The van der Waals surface area contributed by atoms with Crippen LogP contribution in [0.3, 0.4) is 0 Å². The van der Waals surface area contributed by atoms with E-state index in [1.807, 2.05) is 0 Å². The summed E-state index contributed by atoms with van der Waals surface area (Å²) in [6.45, 7) is 0.375. The van der Waals surface area contributed by atoms with Gasteiger partial charge in [-0.3, -0.25) is 0 Å². The number of furan rings is 1. The van der Waals surface area contributed by atoms with Gasteiger partial charge in [0.15, 0.2) is 11.8 Å². The average Bonchev–Trinajstić information content (AvgIpc) is 2.75. The van der Waals surface area contributed by atoms with Crippen molar-refractivity contribution in [2.45, 2.75) is 19.0 Å². The predicted molar refractivity (Wildman–Crippen MR) is 49.8 cm³/mol. The fourth-order valence-electron chi connectivity index (χ4n) is 1.28. The van der Waals surface area contributed by atoms with E-state index in [-0.39, 0.29) is 6.42 Å². The summed E-state index contributed by atoms with van der Waals surface area (Å²) < 4.78 is 9.55. The van der Waals surface area contributed by atoms with E-state index in [4.69, 9.17) is 4.42 Å². The zero-order valence-corrected chi connectivity index (χ0v) is 8.84. The van der Waals surface area contributed by atoms with Gasteiger partial charge in [-0.25, -0.2) is 4.79 Å². The van der Waals surface area contributed by atoms with Crippen molar-refractivity contribution in [2.75, 3.05) is 7.11 Å². The van der Waals surface area contributed by atoms with Crippen LogP contribution in [0.15, 0.2) is 22.8 Å². The number of rotatable bonds is 6. The summed E-state index contributed by atoms with van der Waals surface area (Å²) in [6.07, 6.45) is 1.13. The molecule has 0 saturated heterocycles. The van der Waals surface area contributed by atoms with Crippen LogP contribution in [0.2, 0.25) is 0 Å². The minimum Gasteiger partial charge on any atom is -0.550 e. The van der Waals surface area contributed by atoms with Gasteiger partial charge in [0.2, 0.25) is 0 Å². The quantitative estimate of drug-likeness (QED) is 0.568. The zero-order chi connectivity index (χ0) is 12.0. The molecule has 0 amide bonds. The number of carboxylic acid groups (broad SMARTS) is 1. The van der Waals surface area contributed by atoms with Gasteiger partial charge in [0, 0.05) is 5.97 Å². The summed E-state index contributed by atoms with van der Waals surface area (Å²) >= 11 is 0. The summed E-state index contributed by atoms with van der Waals surface area (Å²) in [5.41, 5.74) is 0. The van der Waals surface area contributed by atoms with E-state index >= 15 is 0 Å². The van der Waals surface area contributed by atoms with E-state index in [0.29, 0.717) is 12.3 Å². The Morgan fingerprint density at radius 3 is 2.88 bits per heavy atom. The predicted octanol–water partition coefficient (Wildman–Crippen LogP) is -1.98. The highest BCUT2D eigenvalue weighted by molar-refractivity contribution is 5.79. The van der Waals surface area contributed by atoms with Gasteiger partial charge >= 0.3 is 5.97 Å². The molecule has 0 fully saturated rings. The van der Waals surface area contributed by atoms with Gasteiger partial charge in [0.25, 0.3) is 0 Å². The molecule has 0 aliphatic carbocycles. The van der Waals surface area contributed by atoms with Crippen molar-refractivity contribution >= 4 is 11.9 Å². The van der Waals surface area contributed by atoms with Crippen LogP contribution >= 0.6 is 0 Å². The third-order valence-electron chi connectivity index (χ3n) is 2.07. The van der Waals surface area contributed by atoms with Gasteiger partial charge in [0.1, 0.15) is 6.54 Å². The van der Waals surface area contributed by atoms with Crippen molar-refractivity contribution in [3.63, 3.8) is 0 Å². The van der Waals surface area contributed by atoms with Gasteiger partial charge in [-0.05, 0) is 12.1 Å². The van der Waals surface area contributed by atoms with E-state index in [0.717, 1.165) is 0 Å². The first-order valence-electron chi connectivity index (χ1n) is 4.77. The third kappa shape index (κ3) is 3.74. The van der Waals surface area contributed by atoms with Crippen molar-refractivity contribution < 1.29 is 29.2 Å². The molecule has 1 aromatic rings. The SMILES string of the molecule is COC(=O)[C@H](CC(=O)[O-])[NH2+]Cc1ccco1. The number of methoxy groups -OCH3 is 1. The lowest BCUT2D eigenvalue weighted by atomic mass is 10.2. The number of hydrogen-bond donors (Lipinski definition) is 1. The second kappa shape index (κ2) is 5.92. The van der Waals surface area contributed by atoms with Crippen LogP contribution in [0.1, 0.15) is 12.2 Å². The number of ether oxygens (including phenoxy) is 1. The Morgan fingerprint density at radius 1 is 1.62 bits per heavy atom. The molecule has 1 atom stereocenters. The molecule has 6 nitrogen and oxygen atoms in total. The van der Waals surface area contributed by atoms with Gasteiger partial charge in [-0.1, -0.05) is 0 Å². The topological polar surface area (TPSA) is 96.2 Å². The first-order valence-corrected chi connectivity index (χ1v) is 4.77. The first-order chi connectivity index (χ1) is 7.63. The van der Waals surface area contributed by atoms with E-state index in [1.54, 1.807) is 17.4 Å². The fraction of sp³-hybridized carbons (Fsp3) is 0.400. The fourth-order valence-corrected chi connectivity index (χ4v) is 1.28. The molecule has 0 aliphatic rings. The molecule has 0 spiro atoms. The number of nitrogens with two attached hydrogens (primary N) is 1. The molecule has 0 aliphatic heterocycles. The Hall–Kier alpha value is -1.82. The van der Waals surface area contributed by atoms with Gasteiger partial charge in [-0.15, -0.1) is 0 Å². The average molecular weight is 227 g/mol. The van der Waals surface area contributed by atoms with Crippen LogP contribution < -0.4 is 10.4 Å². The smallest absolute Gasteiger partial charge is 0.364 e. The van der Waals surface area contributed by atoms with Crippen LogP contribution in [0.4, 0.5) is 0 Å². The molecule has 1 rings (SSSR count). The van der Waals surface area contributed by atoms with Crippen LogP contribution in [0, 0.1) is 0 Å². The highest BCUT2D eigenvalue weighted by Gasteiger charge is 2.23. The van der Waals surface area contributed by atoms with E-state index in [9.17, 15) is 14.7 Å². The molecular weight excluding hydrogens is 214 g/mol. The van der Waals surface area contributed by atoms with Crippen LogP contribution in [-0.4, -0.2) is 25.1 Å². The van der Waals surface area contributed by atoms with Crippen LogP contribution in [-0.2, 0) is 20.9 Å². The zero-order valence-electron chi connectivity index (χ0n) is 8.84. The van der Waals surface area contributed by atoms with Crippen molar-refractivity contribution in [1.82, 2.24) is 0 Å². The standard InChI is InChI=1S/C10H13NO5/c1-15-10(14)8(5-9(12)13)11-6-7-3-2-4-16-7/h2-4,8,11H,5-6H2,1H3,(H,12,13)/t8-/m0/s1. The summed E-state index contributed by atoms with van der Waals surface area (Å²) in [7, 11) is 1.21. The molecule has 0 saturated carbocycles. The van der Waals surface area contributed by atoms with E-state index in [2.05, 4.69) is 4.74 Å². The van der Waals surface area contributed by atoms with E-state index in [1.165, 1.54) is 13.4 Å². The van der Waals surface area contributed by atoms with Gasteiger partial charge in [-0.2, -0.15) is 0 Å². The molecule has 0 bridgehead atoms. The summed E-state index contributed by atoms with van der Waals surface area (Å²) in [4.78, 5) is 21.7. The molecule has 0 unspecified atom stereocenters. The van der Waals surface area contributed by atoms with Crippen molar-refractivity contribution in [3.05, 3.63) is 24.2 Å². The Kier molecular flexibility index (Phi) is 4.53. The van der Waals surface area contributed by atoms with E-state index < -0.39 is 18.0 Å². The molecule has 16 heavy (non-hydrogen) atoms. The summed E-state index contributed by atoms with van der Waals surface area (Å²) in [5.74, 6) is -1.21. The number of carbonyl (C=O) groups is 2. The highest BCUT2D eigenvalue weighted by atomic mass is 16.5. The molecule has 6 heteroatoms. The number of hydrogen-bond acceptors (Lipinski definition) is 5. The molecule has 0 aromatic carbocycles. The van der Waals surface area contributed by atoms with Gasteiger partial charge < -0.3 is 24.4 Å². The minimum absolute atomic E-state index is 0.375. The van der Waals surface area contributed by atoms with Crippen LogP contribution in [0.25, 0.3) is 0 Å². The number of carboxylic acids is 1. The first kappa shape index (κ1) is 12.3. The molecule has 88 valence electrons. The number of aliphatic carboxylic acids is 1. The monoisotopic (exact) mass is 227 g/mol. The second-order valence-electron chi connectivity index (χ2n) is 3.22. The lowest BCUT2D eigenvalue weighted by Gasteiger charge is -2.12. The summed E-state index contributed by atoms with van der Waals surface area (Å²) in [5, 5.41) is 12.0. The maximum Gasteiger partial charge on any atom is 0.364 e. The summed E-state index contributed by atoms with van der Waals surface area (Å²) in [6, 6.07) is 2.65. The molecular formula is C10H13NO5. The number of esters is 1. The normalized spacial score (nSPS) is 12.1. The number of quaternary nitrogens is 1. The lowest BCUT2D eigenvalue weighted by molar-refractivity contribution is -0.694. The molecule has 2 N–H and O–H groups in total. The minimum atomic E-state index is -1.29. The molecule has 0 radical (unpaired) electrons. The maximum atomic E-state index is 11.2.